The summed E-state index contributed by atoms with van der Waals surface area (Å²) in [7, 11) is 1.42. The molecule has 0 radical (unpaired) electrons. The van der Waals surface area contributed by atoms with E-state index in [1.807, 2.05) is 12.1 Å². The summed E-state index contributed by atoms with van der Waals surface area (Å²) in [4.78, 5) is 11.0. The zero-order valence-corrected chi connectivity index (χ0v) is 10.6. The topological polar surface area (TPSA) is 47.6 Å². The Bertz CT molecular complexity index is 406. The fourth-order valence-corrected chi connectivity index (χ4v) is 2.16. The third kappa shape index (κ3) is 3.31. The number of benzene rings is 1. The smallest absolute Gasteiger partial charge is 0.305 e. The molecule has 1 N–H and O–H groups in total. The van der Waals surface area contributed by atoms with Gasteiger partial charge in [-0.1, -0.05) is 24.3 Å². The number of hydrogen-bond acceptors (Lipinski definition) is 4. The fourth-order valence-electron chi connectivity index (χ4n) is 2.16. The van der Waals surface area contributed by atoms with Crippen molar-refractivity contribution in [3.8, 4) is 0 Å². The van der Waals surface area contributed by atoms with Crippen LogP contribution in [0.1, 0.15) is 30.0 Å². The number of carbonyl (C=O) groups excluding carboxylic acids is 1. The lowest BCUT2D eigenvalue weighted by Crippen LogP contribution is -2.30. The van der Waals surface area contributed by atoms with E-state index < -0.39 is 0 Å². The van der Waals surface area contributed by atoms with E-state index in [1.165, 1.54) is 18.2 Å². The number of fused-ring (bicyclic) bond motifs is 1. The first kappa shape index (κ1) is 13.1. The van der Waals surface area contributed by atoms with Crippen molar-refractivity contribution in [2.45, 2.75) is 25.5 Å². The van der Waals surface area contributed by atoms with E-state index in [0.29, 0.717) is 19.6 Å². The van der Waals surface area contributed by atoms with Crippen molar-refractivity contribution in [1.29, 1.82) is 0 Å². The highest BCUT2D eigenvalue weighted by atomic mass is 16.5. The Kier molecular flexibility index (Phi) is 4.73. The van der Waals surface area contributed by atoms with Crippen LogP contribution in [0.15, 0.2) is 24.3 Å². The van der Waals surface area contributed by atoms with Crippen molar-refractivity contribution in [3.05, 3.63) is 35.4 Å². The molecule has 18 heavy (non-hydrogen) atoms. The Morgan fingerprint density at radius 1 is 1.50 bits per heavy atom. The van der Waals surface area contributed by atoms with Gasteiger partial charge in [-0.2, -0.15) is 0 Å². The number of carbonyl (C=O) groups is 1. The third-order valence-electron chi connectivity index (χ3n) is 3.15. The molecule has 1 aliphatic rings. The Morgan fingerprint density at radius 3 is 3.17 bits per heavy atom. The summed E-state index contributed by atoms with van der Waals surface area (Å²) < 4.78 is 10.2. The van der Waals surface area contributed by atoms with E-state index in [-0.39, 0.29) is 12.0 Å². The van der Waals surface area contributed by atoms with Gasteiger partial charge in [0, 0.05) is 6.42 Å². The lowest BCUT2D eigenvalue weighted by molar-refractivity contribution is -0.140. The second-order valence-electron chi connectivity index (χ2n) is 4.40. The Morgan fingerprint density at radius 2 is 2.33 bits per heavy atom. The number of rotatable bonds is 5. The standard InChI is InChI=1S/C14H19NO3/c1-17-14(16)7-4-8-15-13-10-18-9-11-5-2-3-6-12(11)13/h2-3,5-6,13,15H,4,7-10H2,1H3. The summed E-state index contributed by atoms with van der Waals surface area (Å²) in [5.41, 5.74) is 2.55. The molecule has 0 aromatic heterocycles. The highest BCUT2D eigenvalue weighted by molar-refractivity contribution is 5.69. The predicted octanol–water partition coefficient (Wildman–Crippen LogP) is 1.80. The second-order valence-corrected chi connectivity index (χ2v) is 4.40. The zero-order valence-electron chi connectivity index (χ0n) is 10.6. The molecule has 0 aliphatic carbocycles. The van der Waals surface area contributed by atoms with Gasteiger partial charge in [0.25, 0.3) is 0 Å². The highest BCUT2D eigenvalue weighted by Gasteiger charge is 2.19. The average Bonchev–Trinajstić information content (AvgIpc) is 2.43. The summed E-state index contributed by atoms with van der Waals surface area (Å²) in [5, 5.41) is 3.42. The molecule has 4 nitrogen and oxygen atoms in total. The minimum Gasteiger partial charge on any atom is -0.469 e. The van der Waals surface area contributed by atoms with Crippen LogP contribution in [-0.4, -0.2) is 26.2 Å². The molecule has 98 valence electrons. The summed E-state index contributed by atoms with van der Waals surface area (Å²) in [5.74, 6) is -0.155. The predicted molar refractivity (Wildman–Crippen MR) is 68.1 cm³/mol. The molecule has 1 aliphatic heterocycles. The van der Waals surface area contributed by atoms with Crippen LogP contribution in [0.4, 0.5) is 0 Å². The largest absolute Gasteiger partial charge is 0.469 e. The molecule has 0 bridgehead atoms. The molecule has 0 saturated carbocycles. The number of ether oxygens (including phenoxy) is 2. The summed E-state index contributed by atoms with van der Waals surface area (Å²) in [6.07, 6.45) is 1.24. The summed E-state index contributed by atoms with van der Waals surface area (Å²) in [6.45, 7) is 2.17. The van der Waals surface area contributed by atoms with Crippen molar-refractivity contribution in [1.82, 2.24) is 5.32 Å². The highest BCUT2D eigenvalue weighted by Crippen LogP contribution is 2.24. The lowest BCUT2D eigenvalue weighted by Gasteiger charge is -2.26. The number of esters is 1. The molecule has 4 heteroatoms. The van der Waals surface area contributed by atoms with Gasteiger partial charge in [0.15, 0.2) is 0 Å². The van der Waals surface area contributed by atoms with Crippen LogP contribution >= 0.6 is 0 Å². The molecule has 1 aromatic rings. The lowest BCUT2D eigenvalue weighted by atomic mass is 9.99. The Balaban J connectivity index is 1.82. The maximum absolute atomic E-state index is 11.0. The van der Waals surface area contributed by atoms with Gasteiger partial charge in [0.1, 0.15) is 0 Å². The Hall–Kier alpha value is -1.39. The van der Waals surface area contributed by atoms with Gasteiger partial charge >= 0.3 is 5.97 Å². The fraction of sp³-hybridized carbons (Fsp3) is 0.500. The van der Waals surface area contributed by atoms with Crippen LogP contribution < -0.4 is 5.32 Å². The minimum atomic E-state index is -0.155. The molecule has 0 fully saturated rings. The molecule has 1 aromatic carbocycles. The quantitative estimate of drug-likeness (QED) is 0.638. The number of nitrogens with one attached hydrogen (secondary N) is 1. The zero-order chi connectivity index (χ0) is 12.8. The molecule has 0 spiro atoms. The van der Waals surface area contributed by atoms with Crippen molar-refractivity contribution in [2.24, 2.45) is 0 Å². The van der Waals surface area contributed by atoms with E-state index in [0.717, 1.165) is 13.0 Å². The van der Waals surface area contributed by atoms with E-state index in [4.69, 9.17) is 4.74 Å². The van der Waals surface area contributed by atoms with Crippen LogP contribution in [0.5, 0.6) is 0 Å². The number of methoxy groups -OCH3 is 1. The minimum absolute atomic E-state index is 0.155. The summed E-state index contributed by atoms with van der Waals surface area (Å²) in [6, 6.07) is 8.54. The first-order valence-corrected chi connectivity index (χ1v) is 6.27. The van der Waals surface area contributed by atoms with E-state index in [1.54, 1.807) is 0 Å². The van der Waals surface area contributed by atoms with E-state index in [2.05, 4.69) is 22.2 Å². The van der Waals surface area contributed by atoms with E-state index in [9.17, 15) is 4.79 Å². The van der Waals surface area contributed by atoms with Gasteiger partial charge in [-0.15, -0.1) is 0 Å². The molecule has 0 saturated heterocycles. The SMILES string of the molecule is COC(=O)CCCNC1COCc2ccccc21. The maximum atomic E-state index is 11.0. The van der Waals surface area contributed by atoms with Crippen LogP contribution in [0.25, 0.3) is 0 Å². The molecular weight excluding hydrogens is 230 g/mol. The van der Waals surface area contributed by atoms with Crippen LogP contribution in [0.3, 0.4) is 0 Å². The van der Waals surface area contributed by atoms with Gasteiger partial charge in [0.05, 0.1) is 26.4 Å². The van der Waals surface area contributed by atoms with Gasteiger partial charge < -0.3 is 14.8 Å². The van der Waals surface area contributed by atoms with Crippen LogP contribution in [0.2, 0.25) is 0 Å². The average molecular weight is 249 g/mol. The molecule has 1 unspecified atom stereocenters. The molecule has 1 atom stereocenters. The van der Waals surface area contributed by atoms with Crippen molar-refractivity contribution in [3.63, 3.8) is 0 Å². The van der Waals surface area contributed by atoms with Gasteiger partial charge in [0.2, 0.25) is 0 Å². The first-order valence-electron chi connectivity index (χ1n) is 6.27. The normalized spacial score (nSPS) is 18.2. The van der Waals surface area contributed by atoms with Crippen molar-refractivity contribution in [2.75, 3.05) is 20.3 Å². The van der Waals surface area contributed by atoms with Gasteiger partial charge in [-0.3, -0.25) is 4.79 Å². The molecular formula is C14H19NO3. The second kappa shape index (κ2) is 6.52. The van der Waals surface area contributed by atoms with Crippen LogP contribution in [0, 0.1) is 0 Å². The summed E-state index contributed by atoms with van der Waals surface area (Å²) >= 11 is 0. The van der Waals surface area contributed by atoms with Gasteiger partial charge in [-0.25, -0.2) is 0 Å². The number of hydrogen-bond donors (Lipinski definition) is 1. The molecule has 0 amide bonds. The molecule has 1 heterocycles. The van der Waals surface area contributed by atoms with Crippen molar-refractivity contribution < 1.29 is 14.3 Å². The molecule has 2 rings (SSSR count). The van der Waals surface area contributed by atoms with E-state index >= 15 is 0 Å². The van der Waals surface area contributed by atoms with Crippen molar-refractivity contribution >= 4 is 5.97 Å². The monoisotopic (exact) mass is 249 g/mol. The van der Waals surface area contributed by atoms with Gasteiger partial charge in [-0.05, 0) is 24.1 Å². The first-order chi connectivity index (χ1) is 8.81. The Labute approximate surface area is 107 Å². The third-order valence-corrected chi connectivity index (χ3v) is 3.15. The maximum Gasteiger partial charge on any atom is 0.305 e. The van der Waals surface area contributed by atoms with Crippen LogP contribution in [-0.2, 0) is 20.9 Å².